The van der Waals surface area contributed by atoms with E-state index in [-0.39, 0.29) is 6.10 Å². The first-order chi connectivity index (χ1) is 12.0. The fourth-order valence-electron chi connectivity index (χ4n) is 2.93. The molecule has 2 heterocycles. The maximum atomic E-state index is 5.50. The first-order valence-electron chi connectivity index (χ1n) is 8.48. The van der Waals surface area contributed by atoms with Crippen LogP contribution in [0, 0.1) is 13.8 Å². The number of nitrogens with zero attached hydrogens (tertiary/aromatic N) is 5. The van der Waals surface area contributed by atoms with Gasteiger partial charge in [0.2, 0.25) is 0 Å². The molecule has 6 nitrogen and oxygen atoms in total. The lowest BCUT2D eigenvalue weighted by Gasteiger charge is -2.27. The average molecular weight is 339 g/mol. The predicted molar refractivity (Wildman–Crippen MR) is 99.7 cm³/mol. The number of para-hydroxylation sites is 1. The Bertz CT molecular complexity index is 854. The van der Waals surface area contributed by atoms with Crippen molar-refractivity contribution in [2.75, 3.05) is 18.6 Å². The third-order valence-electron chi connectivity index (χ3n) is 4.39. The topological polar surface area (TPSA) is 56.1 Å². The number of benzene rings is 1. The van der Waals surface area contributed by atoms with Crippen LogP contribution in [0.4, 0.5) is 5.82 Å². The number of ether oxygens (including phenoxy) is 1. The molecule has 0 bridgehead atoms. The number of methoxy groups -OCH3 is 1. The van der Waals surface area contributed by atoms with Crippen molar-refractivity contribution in [3.8, 4) is 0 Å². The zero-order chi connectivity index (χ0) is 18.0. The van der Waals surface area contributed by atoms with Crippen molar-refractivity contribution in [2.24, 2.45) is 7.05 Å². The molecule has 3 rings (SSSR count). The van der Waals surface area contributed by atoms with Crippen LogP contribution in [-0.2, 0) is 18.3 Å². The second-order valence-electron chi connectivity index (χ2n) is 6.44. The molecule has 0 saturated heterocycles. The number of rotatable bonds is 6. The van der Waals surface area contributed by atoms with Crippen molar-refractivity contribution in [2.45, 2.75) is 33.4 Å². The smallest absolute Gasteiger partial charge is 0.140 e. The second-order valence-corrected chi connectivity index (χ2v) is 6.44. The van der Waals surface area contributed by atoms with Gasteiger partial charge in [-0.1, -0.05) is 12.1 Å². The maximum absolute atomic E-state index is 5.50. The monoisotopic (exact) mass is 339 g/mol. The molecule has 2 aromatic heterocycles. The first-order valence-corrected chi connectivity index (χ1v) is 8.48. The molecule has 0 aliphatic heterocycles. The fraction of sp³-hybridized carbons (Fsp3) is 0.421. The molecule has 1 aromatic carbocycles. The Balaban J connectivity index is 2.04. The molecule has 6 heteroatoms. The summed E-state index contributed by atoms with van der Waals surface area (Å²) in [6, 6.07) is 10.2. The Morgan fingerprint density at radius 1 is 1.20 bits per heavy atom. The number of hydrogen-bond acceptors (Lipinski definition) is 5. The van der Waals surface area contributed by atoms with Gasteiger partial charge in [-0.2, -0.15) is 5.10 Å². The van der Waals surface area contributed by atoms with Crippen LogP contribution in [-0.4, -0.2) is 39.5 Å². The summed E-state index contributed by atoms with van der Waals surface area (Å²) in [7, 11) is 3.70. The van der Waals surface area contributed by atoms with E-state index in [1.54, 1.807) is 7.11 Å². The summed E-state index contributed by atoms with van der Waals surface area (Å²) in [5.74, 6) is 1.69. The Morgan fingerprint density at radius 3 is 2.64 bits per heavy atom. The quantitative estimate of drug-likeness (QED) is 0.691. The van der Waals surface area contributed by atoms with E-state index in [1.165, 1.54) is 0 Å². The molecule has 0 N–H and O–H groups in total. The Labute approximate surface area is 148 Å². The summed E-state index contributed by atoms with van der Waals surface area (Å²) in [4.78, 5) is 11.5. The van der Waals surface area contributed by atoms with E-state index in [9.17, 15) is 0 Å². The van der Waals surface area contributed by atoms with Crippen LogP contribution >= 0.6 is 0 Å². The summed E-state index contributed by atoms with van der Waals surface area (Å²) in [5.41, 5.74) is 3.11. The van der Waals surface area contributed by atoms with E-state index in [4.69, 9.17) is 9.72 Å². The minimum Gasteiger partial charge on any atom is -0.380 e. The zero-order valence-electron chi connectivity index (χ0n) is 15.5. The third kappa shape index (κ3) is 3.79. The van der Waals surface area contributed by atoms with Gasteiger partial charge in [0, 0.05) is 31.8 Å². The number of fused-ring (bicyclic) bond motifs is 1. The minimum absolute atomic E-state index is 0.0823. The largest absolute Gasteiger partial charge is 0.380 e. The van der Waals surface area contributed by atoms with Gasteiger partial charge in [-0.05, 0) is 39.0 Å². The number of aromatic nitrogens is 4. The van der Waals surface area contributed by atoms with E-state index in [1.807, 2.05) is 36.9 Å². The number of aryl methyl sites for hydroxylation is 3. The number of anilines is 1. The molecule has 1 atom stereocenters. The molecule has 0 saturated carbocycles. The highest BCUT2D eigenvalue weighted by atomic mass is 16.5. The highest BCUT2D eigenvalue weighted by Gasteiger charge is 2.18. The molecule has 0 spiro atoms. The van der Waals surface area contributed by atoms with Crippen LogP contribution in [0.25, 0.3) is 10.9 Å². The molecule has 3 aromatic rings. The summed E-state index contributed by atoms with van der Waals surface area (Å²) in [6.45, 7) is 7.46. The summed E-state index contributed by atoms with van der Waals surface area (Å²) < 4.78 is 7.40. The normalized spacial score (nSPS) is 12.5. The van der Waals surface area contributed by atoms with Crippen molar-refractivity contribution in [3.63, 3.8) is 0 Å². The first kappa shape index (κ1) is 17.4. The fourth-order valence-corrected chi connectivity index (χ4v) is 2.93. The molecule has 0 aliphatic carbocycles. The Morgan fingerprint density at radius 2 is 1.96 bits per heavy atom. The van der Waals surface area contributed by atoms with Crippen molar-refractivity contribution < 1.29 is 4.74 Å². The minimum atomic E-state index is 0.0823. The van der Waals surface area contributed by atoms with Gasteiger partial charge in [-0.3, -0.25) is 4.68 Å². The molecule has 0 radical (unpaired) electrons. The number of hydrogen-bond donors (Lipinski definition) is 0. The van der Waals surface area contributed by atoms with E-state index in [0.717, 1.165) is 40.5 Å². The van der Waals surface area contributed by atoms with Crippen LogP contribution in [0.3, 0.4) is 0 Å². The van der Waals surface area contributed by atoms with Crippen molar-refractivity contribution in [3.05, 3.63) is 47.5 Å². The van der Waals surface area contributed by atoms with Crippen LogP contribution < -0.4 is 4.90 Å². The van der Waals surface area contributed by atoms with Crippen LogP contribution in [0.1, 0.15) is 24.1 Å². The van der Waals surface area contributed by atoms with Gasteiger partial charge >= 0.3 is 0 Å². The summed E-state index contributed by atoms with van der Waals surface area (Å²) in [5, 5.41) is 5.65. The molecule has 0 unspecified atom stereocenters. The average Bonchev–Trinajstić information content (AvgIpc) is 2.90. The van der Waals surface area contributed by atoms with Crippen molar-refractivity contribution >= 4 is 16.7 Å². The van der Waals surface area contributed by atoms with E-state index < -0.39 is 0 Å². The van der Waals surface area contributed by atoms with Crippen LogP contribution in [0.5, 0.6) is 0 Å². The Kier molecular flexibility index (Phi) is 4.99. The zero-order valence-corrected chi connectivity index (χ0v) is 15.5. The molecule has 0 aliphatic rings. The SMILES string of the molecule is CO[C@H](C)CN(Cc1cc(C)n(C)n1)c1nc(C)nc2ccccc12. The molecule has 25 heavy (non-hydrogen) atoms. The van der Waals surface area contributed by atoms with Crippen molar-refractivity contribution in [1.82, 2.24) is 19.7 Å². The van der Waals surface area contributed by atoms with Gasteiger partial charge in [-0.25, -0.2) is 9.97 Å². The van der Waals surface area contributed by atoms with Gasteiger partial charge in [0.15, 0.2) is 0 Å². The molecular formula is C19H25N5O. The van der Waals surface area contributed by atoms with E-state index >= 15 is 0 Å². The van der Waals surface area contributed by atoms with E-state index in [0.29, 0.717) is 6.54 Å². The van der Waals surface area contributed by atoms with Crippen molar-refractivity contribution in [1.29, 1.82) is 0 Å². The van der Waals surface area contributed by atoms with Gasteiger partial charge < -0.3 is 9.64 Å². The lowest BCUT2D eigenvalue weighted by molar-refractivity contribution is 0.122. The molecule has 132 valence electrons. The Hall–Kier alpha value is -2.47. The standard InChI is InChI=1S/C19H25N5O/c1-13-10-16(22-23(13)4)12-24(11-14(2)25-5)19-17-8-6-7-9-18(17)20-15(3)21-19/h6-10,14H,11-12H2,1-5H3/t14-/m1/s1. The molecular weight excluding hydrogens is 314 g/mol. The van der Waals surface area contributed by atoms with Crippen LogP contribution in [0.15, 0.2) is 30.3 Å². The molecule has 0 amide bonds. The highest BCUT2D eigenvalue weighted by Crippen LogP contribution is 2.25. The maximum Gasteiger partial charge on any atom is 0.140 e. The second kappa shape index (κ2) is 7.19. The predicted octanol–water partition coefficient (Wildman–Crippen LogP) is 3.02. The van der Waals surface area contributed by atoms with E-state index in [2.05, 4.69) is 41.0 Å². The molecule has 0 fully saturated rings. The van der Waals surface area contributed by atoms with Gasteiger partial charge in [0.25, 0.3) is 0 Å². The van der Waals surface area contributed by atoms with Gasteiger partial charge in [0.1, 0.15) is 11.6 Å². The van der Waals surface area contributed by atoms with Crippen LogP contribution in [0.2, 0.25) is 0 Å². The lowest BCUT2D eigenvalue weighted by atomic mass is 10.2. The lowest BCUT2D eigenvalue weighted by Crippen LogP contribution is -2.32. The highest BCUT2D eigenvalue weighted by molar-refractivity contribution is 5.89. The van der Waals surface area contributed by atoms with Gasteiger partial charge in [0.05, 0.1) is 23.9 Å². The summed E-state index contributed by atoms with van der Waals surface area (Å²) in [6.07, 6.45) is 0.0823. The third-order valence-corrected chi connectivity index (χ3v) is 4.39. The van der Waals surface area contributed by atoms with Gasteiger partial charge in [-0.15, -0.1) is 0 Å². The summed E-state index contributed by atoms with van der Waals surface area (Å²) >= 11 is 0.